The minimum Gasteiger partial charge on any atom is -0.378 e. The number of anilines is 1. The number of nitrogens with zero attached hydrogens (tertiary/aromatic N) is 5. The van der Waals surface area contributed by atoms with Crippen LogP contribution in [0, 0.1) is 0 Å². The number of benzene rings is 2. The molecule has 8 heteroatoms. The van der Waals surface area contributed by atoms with Crippen LogP contribution in [-0.2, 0) is 29.0 Å². The quantitative estimate of drug-likeness (QED) is 0.523. The molecule has 0 aliphatic carbocycles. The molecule has 0 N–H and O–H groups in total. The van der Waals surface area contributed by atoms with Crippen molar-refractivity contribution in [1.29, 1.82) is 0 Å². The molecule has 1 unspecified atom stereocenters. The number of thioether (sulfide) groups is 1. The minimum atomic E-state index is -0.244. The molecule has 0 radical (unpaired) electrons. The van der Waals surface area contributed by atoms with Crippen LogP contribution >= 0.6 is 11.8 Å². The van der Waals surface area contributed by atoms with Gasteiger partial charge in [0.25, 0.3) is 0 Å². The molecule has 172 valence electrons. The summed E-state index contributed by atoms with van der Waals surface area (Å²) >= 11 is 1.50. The standard InChI is InChI=1S/C25H29N5O2S/c1-19(23(31)29-12-11-21-9-5-6-10-22(21)18-29)33-25-27-26-24(28-13-15-32-16-14-28)30(25)17-20-7-3-2-4-8-20/h2-10,19H,11-18H2,1H3. The Morgan fingerprint density at radius 1 is 1.00 bits per heavy atom. The lowest BCUT2D eigenvalue weighted by Crippen LogP contribution is -2.40. The van der Waals surface area contributed by atoms with Gasteiger partial charge in [-0.3, -0.25) is 9.36 Å². The van der Waals surface area contributed by atoms with Crippen molar-refractivity contribution in [2.75, 3.05) is 37.7 Å². The molecule has 2 aliphatic rings. The van der Waals surface area contributed by atoms with E-state index in [2.05, 4.69) is 50.0 Å². The number of fused-ring (bicyclic) bond motifs is 1. The van der Waals surface area contributed by atoms with Crippen LogP contribution in [0.5, 0.6) is 0 Å². The Morgan fingerprint density at radius 2 is 1.73 bits per heavy atom. The smallest absolute Gasteiger partial charge is 0.236 e. The van der Waals surface area contributed by atoms with Gasteiger partial charge in [0, 0.05) is 26.2 Å². The van der Waals surface area contributed by atoms with E-state index >= 15 is 0 Å². The maximum atomic E-state index is 13.3. The highest BCUT2D eigenvalue weighted by molar-refractivity contribution is 8.00. The maximum Gasteiger partial charge on any atom is 0.236 e. The highest BCUT2D eigenvalue weighted by Gasteiger charge is 2.28. The molecule has 1 fully saturated rings. The molecular weight excluding hydrogens is 434 g/mol. The molecule has 7 nitrogen and oxygen atoms in total. The van der Waals surface area contributed by atoms with E-state index in [0.29, 0.717) is 26.3 Å². The number of hydrogen-bond acceptors (Lipinski definition) is 6. The molecule has 3 aromatic rings. The Balaban J connectivity index is 1.35. The Bertz CT molecular complexity index is 1100. The molecule has 2 aromatic carbocycles. The van der Waals surface area contributed by atoms with Gasteiger partial charge in [-0.15, -0.1) is 10.2 Å². The zero-order valence-corrected chi connectivity index (χ0v) is 19.7. The van der Waals surface area contributed by atoms with Crippen LogP contribution in [0.3, 0.4) is 0 Å². The van der Waals surface area contributed by atoms with Crippen molar-refractivity contribution in [2.45, 2.75) is 36.8 Å². The molecule has 1 atom stereocenters. The number of aromatic nitrogens is 3. The van der Waals surface area contributed by atoms with E-state index in [1.165, 1.54) is 28.5 Å². The van der Waals surface area contributed by atoms with Crippen LogP contribution in [-0.4, -0.2) is 63.7 Å². The van der Waals surface area contributed by atoms with Crippen molar-refractivity contribution in [3.05, 3.63) is 71.3 Å². The van der Waals surface area contributed by atoms with Crippen LogP contribution < -0.4 is 4.90 Å². The van der Waals surface area contributed by atoms with Gasteiger partial charge in [0.05, 0.1) is 25.0 Å². The van der Waals surface area contributed by atoms with Gasteiger partial charge in [-0.25, -0.2) is 0 Å². The molecule has 33 heavy (non-hydrogen) atoms. The predicted molar refractivity (Wildman–Crippen MR) is 129 cm³/mol. The summed E-state index contributed by atoms with van der Waals surface area (Å²) in [6.45, 7) is 7.03. The third-order valence-electron chi connectivity index (χ3n) is 6.25. The highest BCUT2D eigenvalue weighted by Crippen LogP contribution is 2.29. The Morgan fingerprint density at radius 3 is 2.52 bits per heavy atom. The van der Waals surface area contributed by atoms with Crippen molar-refractivity contribution >= 4 is 23.6 Å². The first-order valence-electron chi connectivity index (χ1n) is 11.5. The first kappa shape index (κ1) is 22.0. The Kier molecular flexibility index (Phi) is 6.64. The minimum absolute atomic E-state index is 0.150. The lowest BCUT2D eigenvalue weighted by Gasteiger charge is -2.31. The Labute approximate surface area is 198 Å². The average Bonchev–Trinajstić information content (AvgIpc) is 3.26. The number of hydrogen-bond donors (Lipinski definition) is 0. The third-order valence-corrected chi connectivity index (χ3v) is 7.32. The fourth-order valence-corrected chi connectivity index (χ4v) is 5.35. The van der Waals surface area contributed by atoms with Gasteiger partial charge in [-0.2, -0.15) is 0 Å². The van der Waals surface area contributed by atoms with Gasteiger partial charge in [-0.1, -0.05) is 66.4 Å². The summed E-state index contributed by atoms with van der Waals surface area (Å²) in [5.41, 5.74) is 3.77. The summed E-state index contributed by atoms with van der Waals surface area (Å²) < 4.78 is 7.66. The fraction of sp³-hybridized carbons (Fsp3) is 0.400. The number of amides is 1. The largest absolute Gasteiger partial charge is 0.378 e. The molecule has 3 heterocycles. The zero-order valence-electron chi connectivity index (χ0n) is 18.9. The molecule has 0 saturated carbocycles. The second-order valence-electron chi connectivity index (χ2n) is 8.49. The van der Waals surface area contributed by atoms with Crippen LogP contribution in [0.15, 0.2) is 59.8 Å². The first-order valence-corrected chi connectivity index (χ1v) is 12.4. The molecule has 1 aromatic heterocycles. The molecule has 0 bridgehead atoms. The van der Waals surface area contributed by atoms with Crippen molar-refractivity contribution in [3.8, 4) is 0 Å². The van der Waals surface area contributed by atoms with Gasteiger partial charge < -0.3 is 14.5 Å². The molecule has 1 saturated heterocycles. The monoisotopic (exact) mass is 463 g/mol. The van der Waals surface area contributed by atoms with Crippen LogP contribution in [0.4, 0.5) is 5.95 Å². The molecular formula is C25H29N5O2S. The van der Waals surface area contributed by atoms with E-state index in [1.807, 2.05) is 36.1 Å². The number of carbonyl (C=O) groups is 1. The lowest BCUT2D eigenvalue weighted by atomic mass is 10.00. The van der Waals surface area contributed by atoms with E-state index in [9.17, 15) is 4.79 Å². The highest BCUT2D eigenvalue weighted by atomic mass is 32.2. The molecule has 1 amide bonds. The molecule has 0 spiro atoms. The van der Waals surface area contributed by atoms with E-state index in [1.54, 1.807) is 0 Å². The third kappa shape index (κ3) is 4.91. The normalized spacial score (nSPS) is 17.0. The SMILES string of the molecule is CC(Sc1nnc(N2CCOCC2)n1Cc1ccccc1)C(=O)N1CCc2ccccc2C1. The van der Waals surface area contributed by atoms with E-state index in [4.69, 9.17) is 4.74 Å². The van der Waals surface area contributed by atoms with E-state index in [0.717, 1.165) is 37.2 Å². The van der Waals surface area contributed by atoms with E-state index in [-0.39, 0.29) is 11.2 Å². The van der Waals surface area contributed by atoms with Crippen molar-refractivity contribution < 1.29 is 9.53 Å². The summed E-state index contributed by atoms with van der Waals surface area (Å²) in [4.78, 5) is 17.5. The van der Waals surface area contributed by atoms with Crippen LogP contribution in [0.25, 0.3) is 0 Å². The predicted octanol–water partition coefficient (Wildman–Crippen LogP) is 3.23. The van der Waals surface area contributed by atoms with Gasteiger partial charge in [0.1, 0.15) is 0 Å². The summed E-state index contributed by atoms with van der Waals surface area (Å²) in [5.74, 6) is 0.993. The molecule has 5 rings (SSSR count). The fourth-order valence-electron chi connectivity index (χ4n) is 4.42. The first-order chi connectivity index (χ1) is 16.2. The number of carbonyl (C=O) groups excluding carboxylic acids is 1. The summed E-state index contributed by atoms with van der Waals surface area (Å²) in [5, 5.41) is 9.57. The Hall–Kier alpha value is -2.84. The van der Waals surface area contributed by atoms with Crippen LogP contribution in [0.2, 0.25) is 0 Å². The van der Waals surface area contributed by atoms with Crippen molar-refractivity contribution in [1.82, 2.24) is 19.7 Å². The zero-order chi connectivity index (χ0) is 22.6. The maximum absolute atomic E-state index is 13.3. The van der Waals surface area contributed by atoms with Crippen molar-refractivity contribution in [2.24, 2.45) is 0 Å². The van der Waals surface area contributed by atoms with E-state index < -0.39 is 0 Å². The second-order valence-corrected chi connectivity index (χ2v) is 9.80. The van der Waals surface area contributed by atoms with Crippen LogP contribution in [0.1, 0.15) is 23.6 Å². The number of ether oxygens (including phenoxy) is 1. The number of morpholine rings is 1. The molecule has 2 aliphatic heterocycles. The average molecular weight is 464 g/mol. The van der Waals surface area contributed by atoms with Gasteiger partial charge >= 0.3 is 0 Å². The van der Waals surface area contributed by atoms with Crippen molar-refractivity contribution in [3.63, 3.8) is 0 Å². The number of rotatable bonds is 6. The lowest BCUT2D eigenvalue weighted by molar-refractivity contribution is -0.131. The van der Waals surface area contributed by atoms with Gasteiger partial charge in [-0.05, 0) is 30.0 Å². The summed E-state index contributed by atoms with van der Waals surface area (Å²) in [7, 11) is 0. The topological polar surface area (TPSA) is 63.5 Å². The summed E-state index contributed by atoms with van der Waals surface area (Å²) in [6.07, 6.45) is 0.907. The van der Waals surface area contributed by atoms with Gasteiger partial charge in [0.15, 0.2) is 5.16 Å². The summed E-state index contributed by atoms with van der Waals surface area (Å²) in [6, 6.07) is 18.7. The second kappa shape index (κ2) is 9.97. The van der Waals surface area contributed by atoms with Gasteiger partial charge in [0.2, 0.25) is 11.9 Å².